The highest BCUT2D eigenvalue weighted by Crippen LogP contribution is 2.44. The zero-order valence-corrected chi connectivity index (χ0v) is 13.5. The van der Waals surface area contributed by atoms with Gasteiger partial charge in [-0.25, -0.2) is 9.97 Å². The molecule has 1 amide bonds. The van der Waals surface area contributed by atoms with E-state index in [1.54, 1.807) is 0 Å². The Hall–Kier alpha value is -2.01. The molecule has 1 aliphatic carbocycles. The molecule has 1 N–H and O–H groups in total. The maximum atomic E-state index is 12.9. The van der Waals surface area contributed by atoms with Crippen molar-refractivity contribution in [3.8, 4) is 0 Å². The van der Waals surface area contributed by atoms with Crippen molar-refractivity contribution in [1.29, 1.82) is 0 Å². The van der Waals surface area contributed by atoms with Gasteiger partial charge >= 0.3 is 0 Å². The molecule has 1 atom stereocenters. The van der Waals surface area contributed by atoms with E-state index >= 15 is 0 Å². The predicted molar refractivity (Wildman–Crippen MR) is 87.3 cm³/mol. The monoisotopic (exact) mass is 311 g/mol. The molecule has 1 saturated heterocycles. The number of carbonyl (C=O) groups excluding carboxylic acids is 1. The molecule has 2 aliphatic rings. The minimum atomic E-state index is -0.642. The van der Waals surface area contributed by atoms with E-state index in [1.807, 2.05) is 36.9 Å². The van der Waals surface area contributed by atoms with Crippen molar-refractivity contribution in [2.45, 2.75) is 51.2 Å². The minimum Gasteiger partial charge on any atom is -0.388 e. The number of nitrogens with zero attached hydrogens (tertiary/aromatic N) is 3. The molecule has 4 rings (SSSR count). The summed E-state index contributed by atoms with van der Waals surface area (Å²) >= 11 is 0. The summed E-state index contributed by atoms with van der Waals surface area (Å²) in [7, 11) is 0. The van der Waals surface area contributed by atoms with Crippen LogP contribution in [0.2, 0.25) is 0 Å². The van der Waals surface area contributed by atoms with Crippen molar-refractivity contribution in [2.75, 3.05) is 6.54 Å². The number of aromatic nitrogens is 2. The van der Waals surface area contributed by atoms with Crippen LogP contribution in [0.5, 0.6) is 0 Å². The van der Waals surface area contributed by atoms with E-state index in [2.05, 4.69) is 9.97 Å². The van der Waals surface area contributed by atoms with Gasteiger partial charge in [-0.15, -0.1) is 0 Å². The number of hydrogen-bond acceptors (Lipinski definition) is 4. The Morgan fingerprint density at radius 3 is 2.61 bits per heavy atom. The molecular weight excluding hydrogens is 290 g/mol. The Morgan fingerprint density at radius 1 is 1.22 bits per heavy atom. The van der Waals surface area contributed by atoms with Gasteiger partial charge in [-0.2, -0.15) is 0 Å². The minimum absolute atomic E-state index is 0.00486. The summed E-state index contributed by atoms with van der Waals surface area (Å²) in [5, 5.41) is 10.4. The highest BCUT2D eigenvalue weighted by Gasteiger charge is 2.52. The second-order valence-corrected chi connectivity index (χ2v) is 6.86. The van der Waals surface area contributed by atoms with Gasteiger partial charge in [-0.1, -0.05) is 0 Å². The number of aryl methyl sites for hydroxylation is 2. The summed E-state index contributed by atoms with van der Waals surface area (Å²) in [6.45, 7) is 4.59. The Balaban J connectivity index is 1.68. The molecule has 0 radical (unpaired) electrons. The first-order chi connectivity index (χ1) is 11.0. The number of benzene rings is 1. The van der Waals surface area contributed by atoms with Crippen LogP contribution in [-0.2, 0) is 0 Å². The molecule has 5 nitrogen and oxygen atoms in total. The van der Waals surface area contributed by atoms with Gasteiger partial charge in [0, 0.05) is 12.1 Å². The van der Waals surface area contributed by atoms with Crippen molar-refractivity contribution < 1.29 is 9.90 Å². The standard InChI is InChI=1S/C18H21N3O2/c1-11-12(2)20-15-10-13(5-6-14(15)19-11)17(22)21-9-3-4-16(21)18(23)7-8-18/h5-6,10,16,23H,3-4,7-9H2,1-2H3. The molecule has 2 fully saturated rings. The molecular formula is C18H21N3O2. The fraction of sp³-hybridized carbons (Fsp3) is 0.500. The number of hydrogen-bond donors (Lipinski definition) is 1. The van der Waals surface area contributed by atoms with Crippen LogP contribution < -0.4 is 0 Å². The molecule has 0 spiro atoms. The van der Waals surface area contributed by atoms with Gasteiger partial charge in [0.25, 0.3) is 5.91 Å². The summed E-state index contributed by atoms with van der Waals surface area (Å²) < 4.78 is 0. The topological polar surface area (TPSA) is 66.3 Å². The van der Waals surface area contributed by atoms with Crippen LogP contribution in [0.1, 0.15) is 47.4 Å². The highest BCUT2D eigenvalue weighted by molar-refractivity contribution is 5.97. The first-order valence-electron chi connectivity index (χ1n) is 8.26. The van der Waals surface area contributed by atoms with Crippen LogP contribution in [0, 0.1) is 13.8 Å². The van der Waals surface area contributed by atoms with E-state index in [0.717, 1.165) is 54.6 Å². The quantitative estimate of drug-likeness (QED) is 0.924. The Bertz CT molecular complexity index is 798. The van der Waals surface area contributed by atoms with Gasteiger partial charge in [-0.05, 0) is 57.7 Å². The molecule has 1 aliphatic heterocycles. The van der Waals surface area contributed by atoms with Gasteiger partial charge in [0.15, 0.2) is 0 Å². The molecule has 2 aromatic rings. The summed E-state index contributed by atoms with van der Waals surface area (Å²) in [5.41, 5.74) is 3.34. The zero-order valence-electron chi connectivity index (χ0n) is 13.5. The third-order valence-electron chi connectivity index (χ3n) is 5.22. The number of carbonyl (C=O) groups is 1. The van der Waals surface area contributed by atoms with Crippen LogP contribution >= 0.6 is 0 Å². The van der Waals surface area contributed by atoms with Crippen molar-refractivity contribution in [1.82, 2.24) is 14.9 Å². The fourth-order valence-electron chi connectivity index (χ4n) is 3.56. The van der Waals surface area contributed by atoms with Crippen molar-refractivity contribution in [3.63, 3.8) is 0 Å². The second kappa shape index (κ2) is 4.99. The van der Waals surface area contributed by atoms with Crippen LogP contribution in [0.15, 0.2) is 18.2 Å². The van der Waals surface area contributed by atoms with Crippen molar-refractivity contribution in [3.05, 3.63) is 35.2 Å². The number of amides is 1. The smallest absolute Gasteiger partial charge is 0.254 e. The van der Waals surface area contributed by atoms with Crippen LogP contribution in [0.3, 0.4) is 0 Å². The van der Waals surface area contributed by atoms with E-state index in [-0.39, 0.29) is 11.9 Å². The van der Waals surface area contributed by atoms with Gasteiger partial charge in [0.1, 0.15) is 0 Å². The molecule has 120 valence electrons. The van der Waals surface area contributed by atoms with Gasteiger partial charge in [0.2, 0.25) is 0 Å². The van der Waals surface area contributed by atoms with Crippen LogP contribution in [0.25, 0.3) is 11.0 Å². The van der Waals surface area contributed by atoms with E-state index < -0.39 is 5.60 Å². The lowest BCUT2D eigenvalue weighted by Crippen LogP contribution is -2.44. The summed E-state index contributed by atoms with van der Waals surface area (Å²) in [6.07, 6.45) is 3.48. The zero-order chi connectivity index (χ0) is 16.2. The SMILES string of the molecule is Cc1nc2ccc(C(=O)N3CCCC3C3(O)CC3)cc2nc1C. The predicted octanol–water partition coefficient (Wildman–Crippen LogP) is 2.38. The molecule has 1 unspecified atom stereocenters. The molecule has 0 bridgehead atoms. The number of likely N-dealkylation sites (tertiary alicyclic amines) is 1. The van der Waals surface area contributed by atoms with Gasteiger partial charge < -0.3 is 10.0 Å². The molecule has 1 aromatic carbocycles. The van der Waals surface area contributed by atoms with Crippen LogP contribution in [-0.4, -0.2) is 44.1 Å². The normalized spacial score (nSPS) is 22.6. The van der Waals surface area contributed by atoms with Crippen molar-refractivity contribution in [2.24, 2.45) is 0 Å². The van der Waals surface area contributed by atoms with Gasteiger partial charge in [0.05, 0.1) is 34.1 Å². The van der Waals surface area contributed by atoms with E-state index in [9.17, 15) is 9.90 Å². The first-order valence-corrected chi connectivity index (χ1v) is 8.26. The average Bonchev–Trinajstić information content (AvgIpc) is 3.09. The summed E-state index contributed by atoms with van der Waals surface area (Å²) in [5.74, 6) is -0.00486. The Labute approximate surface area is 135 Å². The lowest BCUT2D eigenvalue weighted by molar-refractivity contribution is 0.0386. The number of rotatable bonds is 2. The molecule has 2 heterocycles. The second-order valence-electron chi connectivity index (χ2n) is 6.86. The summed E-state index contributed by atoms with van der Waals surface area (Å²) in [6, 6.07) is 5.47. The van der Waals surface area contributed by atoms with E-state index in [1.165, 1.54) is 0 Å². The number of fused-ring (bicyclic) bond motifs is 1. The van der Waals surface area contributed by atoms with Gasteiger partial charge in [-0.3, -0.25) is 4.79 Å². The molecule has 5 heteroatoms. The van der Waals surface area contributed by atoms with Crippen LogP contribution in [0.4, 0.5) is 0 Å². The Morgan fingerprint density at radius 2 is 1.91 bits per heavy atom. The van der Waals surface area contributed by atoms with E-state index in [4.69, 9.17) is 0 Å². The molecule has 23 heavy (non-hydrogen) atoms. The average molecular weight is 311 g/mol. The fourth-order valence-corrected chi connectivity index (χ4v) is 3.56. The van der Waals surface area contributed by atoms with Crippen molar-refractivity contribution >= 4 is 16.9 Å². The first kappa shape index (κ1) is 14.6. The third-order valence-corrected chi connectivity index (χ3v) is 5.22. The maximum Gasteiger partial charge on any atom is 0.254 e. The lowest BCUT2D eigenvalue weighted by atomic mass is 10.1. The number of aliphatic hydroxyl groups is 1. The lowest BCUT2D eigenvalue weighted by Gasteiger charge is -2.28. The van der Waals surface area contributed by atoms with E-state index in [0.29, 0.717) is 5.56 Å². The maximum absolute atomic E-state index is 12.9. The molecule has 1 aromatic heterocycles. The Kier molecular flexibility index (Phi) is 3.17. The largest absolute Gasteiger partial charge is 0.388 e. The summed E-state index contributed by atoms with van der Waals surface area (Å²) in [4.78, 5) is 23.8. The third kappa shape index (κ3) is 2.39. The highest BCUT2D eigenvalue weighted by atomic mass is 16.3. The molecule has 1 saturated carbocycles.